The number of carbonyl (C=O) groups excluding carboxylic acids is 1. The molecule has 4 rings (SSSR count). The Morgan fingerprint density at radius 1 is 1.23 bits per heavy atom. The topological polar surface area (TPSA) is 85.6 Å². The molecule has 1 aliphatic rings. The van der Waals surface area contributed by atoms with Crippen LogP contribution < -0.4 is 5.73 Å². The summed E-state index contributed by atoms with van der Waals surface area (Å²) in [6, 6.07) is 5.74. The van der Waals surface area contributed by atoms with E-state index in [1.54, 1.807) is 18.6 Å². The molecule has 2 N–H and O–H groups in total. The van der Waals surface area contributed by atoms with Crippen LogP contribution in [-0.4, -0.2) is 39.0 Å². The summed E-state index contributed by atoms with van der Waals surface area (Å²) in [6.07, 6.45) is 7.08. The zero-order valence-electron chi connectivity index (χ0n) is 11.7. The van der Waals surface area contributed by atoms with Gasteiger partial charge in [-0.05, 0) is 12.1 Å². The van der Waals surface area contributed by atoms with Crippen LogP contribution in [0.1, 0.15) is 15.9 Å². The van der Waals surface area contributed by atoms with E-state index < -0.39 is 0 Å². The Kier molecular flexibility index (Phi) is 2.83. The summed E-state index contributed by atoms with van der Waals surface area (Å²) in [5.41, 5.74) is 10.7. The number of aromatic nitrogens is 3. The van der Waals surface area contributed by atoms with Crippen LogP contribution in [0.3, 0.4) is 0 Å². The molecule has 0 spiro atoms. The molecule has 22 heavy (non-hydrogen) atoms. The first-order valence-electron chi connectivity index (χ1n) is 6.96. The number of nitrogens with zero attached hydrogens (tertiary/aromatic N) is 4. The fourth-order valence-corrected chi connectivity index (χ4v) is 2.75. The molecule has 0 atom stereocenters. The van der Waals surface area contributed by atoms with Gasteiger partial charge in [-0.1, -0.05) is 6.07 Å². The highest BCUT2D eigenvalue weighted by atomic mass is 16.1. The van der Waals surface area contributed by atoms with Gasteiger partial charge in [0.15, 0.2) is 11.4 Å². The minimum Gasteiger partial charge on any atom is -0.325 e. The summed E-state index contributed by atoms with van der Waals surface area (Å²) in [5, 5.41) is 0. The van der Waals surface area contributed by atoms with E-state index in [1.807, 2.05) is 28.8 Å². The smallest absolute Gasteiger partial charge is 0.184 e. The summed E-state index contributed by atoms with van der Waals surface area (Å²) < 4.78 is 1.96. The van der Waals surface area contributed by atoms with Crippen molar-refractivity contribution >= 4 is 17.1 Å². The predicted octanol–water partition coefficient (Wildman–Crippen LogP) is 1.34. The van der Waals surface area contributed by atoms with E-state index in [4.69, 9.17) is 5.73 Å². The molecule has 1 aromatic carbocycles. The Morgan fingerprint density at radius 2 is 2.14 bits per heavy atom. The summed E-state index contributed by atoms with van der Waals surface area (Å²) in [6.45, 7) is 0.501. The normalized spacial score (nSPS) is 14.0. The first-order valence-corrected chi connectivity index (χ1v) is 6.96. The van der Waals surface area contributed by atoms with Crippen molar-refractivity contribution in [1.82, 2.24) is 14.4 Å². The quantitative estimate of drug-likeness (QED) is 0.772. The standard InChI is InChI=1S/C16H13N5O/c17-6-13-12-5-10(1-2-11(12)15(22)8-19-13)14-7-20-16-9-18-3-4-21(14)16/h1-5,7,9H,6,8,17H2. The molecule has 0 saturated heterocycles. The molecule has 0 radical (unpaired) electrons. The SMILES string of the molecule is NCC1=NCC(=O)c2ccc(-c3cnc4cnccn34)cc21. The van der Waals surface area contributed by atoms with Gasteiger partial charge in [-0.3, -0.25) is 19.2 Å². The van der Waals surface area contributed by atoms with E-state index >= 15 is 0 Å². The van der Waals surface area contributed by atoms with Crippen LogP contribution in [0.4, 0.5) is 0 Å². The molecule has 0 saturated carbocycles. The van der Waals surface area contributed by atoms with Gasteiger partial charge in [0.25, 0.3) is 0 Å². The Morgan fingerprint density at radius 3 is 3.00 bits per heavy atom. The molecule has 0 aliphatic carbocycles. The zero-order valence-corrected chi connectivity index (χ0v) is 11.7. The Balaban J connectivity index is 1.92. The summed E-state index contributed by atoms with van der Waals surface area (Å²) in [4.78, 5) is 24.6. The van der Waals surface area contributed by atoms with E-state index in [0.29, 0.717) is 12.1 Å². The van der Waals surface area contributed by atoms with E-state index in [0.717, 1.165) is 28.2 Å². The highest BCUT2D eigenvalue weighted by Gasteiger charge is 2.20. The number of fused-ring (bicyclic) bond motifs is 2. The summed E-state index contributed by atoms with van der Waals surface area (Å²) in [5.74, 6) is 0.0288. The van der Waals surface area contributed by atoms with Gasteiger partial charge >= 0.3 is 0 Å². The van der Waals surface area contributed by atoms with Crippen LogP contribution in [0.5, 0.6) is 0 Å². The van der Waals surface area contributed by atoms with Gasteiger partial charge in [0.2, 0.25) is 0 Å². The van der Waals surface area contributed by atoms with E-state index in [2.05, 4.69) is 15.0 Å². The third kappa shape index (κ3) is 1.85. The molecule has 6 heteroatoms. The number of hydrogen-bond donors (Lipinski definition) is 1. The maximum Gasteiger partial charge on any atom is 0.184 e. The molecule has 1 aliphatic heterocycles. The Bertz CT molecular complexity index is 925. The fourth-order valence-electron chi connectivity index (χ4n) is 2.75. The lowest BCUT2D eigenvalue weighted by atomic mass is 9.94. The van der Waals surface area contributed by atoms with Gasteiger partial charge in [-0.15, -0.1) is 0 Å². The summed E-state index contributed by atoms with van der Waals surface area (Å²) >= 11 is 0. The number of hydrogen-bond acceptors (Lipinski definition) is 5. The highest BCUT2D eigenvalue weighted by Crippen LogP contribution is 2.25. The van der Waals surface area contributed by atoms with Crippen LogP contribution in [0, 0.1) is 0 Å². The molecule has 0 bridgehead atoms. The monoisotopic (exact) mass is 291 g/mol. The maximum absolute atomic E-state index is 12.0. The minimum atomic E-state index is 0.0288. The minimum absolute atomic E-state index is 0.0288. The molecule has 0 unspecified atom stereocenters. The van der Waals surface area contributed by atoms with Crippen LogP contribution in [0.15, 0.2) is 48.0 Å². The number of imidazole rings is 1. The van der Waals surface area contributed by atoms with Crippen molar-refractivity contribution in [1.29, 1.82) is 0 Å². The molecular weight excluding hydrogens is 278 g/mol. The fraction of sp³-hybridized carbons (Fsp3) is 0.125. The van der Waals surface area contributed by atoms with Crippen molar-refractivity contribution in [2.24, 2.45) is 10.7 Å². The van der Waals surface area contributed by atoms with Crippen LogP contribution >= 0.6 is 0 Å². The maximum atomic E-state index is 12.0. The molecule has 6 nitrogen and oxygen atoms in total. The lowest BCUT2D eigenvalue weighted by Gasteiger charge is -2.16. The lowest BCUT2D eigenvalue weighted by Crippen LogP contribution is -2.24. The van der Waals surface area contributed by atoms with Gasteiger partial charge in [0.05, 0.1) is 23.8 Å². The highest BCUT2D eigenvalue weighted by molar-refractivity contribution is 6.16. The van der Waals surface area contributed by atoms with Crippen molar-refractivity contribution in [3.05, 3.63) is 54.1 Å². The van der Waals surface area contributed by atoms with Gasteiger partial charge in [-0.2, -0.15) is 0 Å². The Hall–Kier alpha value is -2.86. The van der Waals surface area contributed by atoms with Crippen LogP contribution in [0.25, 0.3) is 16.9 Å². The predicted molar refractivity (Wildman–Crippen MR) is 83.2 cm³/mol. The molecule has 0 fully saturated rings. The first kappa shape index (κ1) is 12.8. The molecule has 2 aromatic heterocycles. The molecule has 3 heterocycles. The van der Waals surface area contributed by atoms with Crippen molar-refractivity contribution in [3.8, 4) is 11.3 Å². The van der Waals surface area contributed by atoms with Crippen molar-refractivity contribution in [2.45, 2.75) is 0 Å². The van der Waals surface area contributed by atoms with Gasteiger partial charge in [0.1, 0.15) is 6.54 Å². The average Bonchev–Trinajstić information content (AvgIpc) is 2.99. The second-order valence-corrected chi connectivity index (χ2v) is 5.10. The number of carbonyl (C=O) groups is 1. The second kappa shape index (κ2) is 4.85. The van der Waals surface area contributed by atoms with Crippen LogP contribution in [-0.2, 0) is 0 Å². The second-order valence-electron chi connectivity index (χ2n) is 5.10. The van der Waals surface area contributed by atoms with Gasteiger partial charge < -0.3 is 5.73 Å². The van der Waals surface area contributed by atoms with E-state index in [9.17, 15) is 4.79 Å². The van der Waals surface area contributed by atoms with Crippen molar-refractivity contribution in [2.75, 3.05) is 13.1 Å². The van der Waals surface area contributed by atoms with Gasteiger partial charge in [0, 0.05) is 35.6 Å². The van der Waals surface area contributed by atoms with Crippen LogP contribution in [0.2, 0.25) is 0 Å². The van der Waals surface area contributed by atoms with Crippen molar-refractivity contribution < 1.29 is 4.79 Å². The zero-order chi connectivity index (χ0) is 15.1. The largest absolute Gasteiger partial charge is 0.325 e. The number of rotatable bonds is 2. The average molecular weight is 291 g/mol. The number of nitrogens with two attached hydrogens (primary N) is 1. The molecule has 3 aromatic rings. The third-order valence-electron chi connectivity index (χ3n) is 3.85. The van der Waals surface area contributed by atoms with Gasteiger partial charge in [-0.25, -0.2) is 4.98 Å². The number of benzene rings is 1. The molecule has 108 valence electrons. The van der Waals surface area contributed by atoms with Crippen molar-refractivity contribution in [3.63, 3.8) is 0 Å². The number of aliphatic imine (C=N–C) groups is 1. The molecule has 0 amide bonds. The third-order valence-corrected chi connectivity index (χ3v) is 3.85. The van der Waals surface area contributed by atoms with E-state index in [1.165, 1.54) is 0 Å². The summed E-state index contributed by atoms with van der Waals surface area (Å²) in [7, 11) is 0. The molecular formula is C16H13N5O. The number of ketones is 1. The number of Topliss-reactive ketones (excluding diaryl/α,β-unsaturated/α-hetero) is 1. The first-order chi connectivity index (χ1) is 10.8. The lowest BCUT2D eigenvalue weighted by molar-refractivity contribution is 0.1000. The van der Waals surface area contributed by atoms with E-state index in [-0.39, 0.29) is 12.3 Å². The Labute approximate surface area is 126 Å².